The average Bonchev–Trinajstić information content (AvgIpc) is 2.55. The number of benzene rings is 2. The predicted molar refractivity (Wildman–Crippen MR) is 89.4 cm³/mol. The average molecular weight is 287 g/mol. The SMILES string of the molecule is CCc1ccc(C)c(-c2c3ccc(C#N)cc3cc[n+]2C)c1. The van der Waals surface area contributed by atoms with Crippen molar-refractivity contribution in [2.24, 2.45) is 7.05 Å². The molecule has 2 heteroatoms. The number of hydrogen-bond acceptors (Lipinski definition) is 1. The highest BCUT2D eigenvalue weighted by atomic mass is 14.9. The molecule has 2 aromatic carbocycles. The third kappa shape index (κ3) is 2.35. The Morgan fingerprint density at radius 1 is 1.09 bits per heavy atom. The van der Waals surface area contributed by atoms with Crippen LogP contribution in [0.15, 0.2) is 48.7 Å². The molecule has 0 amide bonds. The van der Waals surface area contributed by atoms with Crippen LogP contribution in [0, 0.1) is 18.3 Å². The molecule has 1 aromatic heterocycles. The summed E-state index contributed by atoms with van der Waals surface area (Å²) in [6.45, 7) is 4.33. The summed E-state index contributed by atoms with van der Waals surface area (Å²) in [5.74, 6) is 0. The molecule has 0 fully saturated rings. The molecule has 0 unspecified atom stereocenters. The molecule has 0 N–H and O–H groups in total. The predicted octanol–water partition coefficient (Wildman–Crippen LogP) is 4.07. The van der Waals surface area contributed by atoms with Gasteiger partial charge in [-0.3, -0.25) is 0 Å². The first kappa shape index (κ1) is 14.3. The Hall–Kier alpha value is -2.66. The van der Waals surface area contributed by atoms with Crippen molar-refractivity contribution in [3.8, 4) is 17.3 Å². The molecule has 0 bridgehead atoms. The van der Waals surface area contributed by atoms with E-state index in [-0.39, 0.29) is 0 Å². The molecule has 0 aliphatic rings. The van der Waals surface area contributed by atoms with Gasteiger partial charge in [0.2, 0.25) is 5.69 Å². The lowest BCUT2D eigenvalue weighted by Crippen LogP contribution is -2.30. The van der Waals surface area contributed by atoms with E-state index >= 15 is 0 Å². The van der Waals surface area contributed by atoms with Gasteiger partial charge < -0.3 is 0 Å². The van der Waals surface area contributed by atoms with Crippen molar-refractivity contribution in [1.29, 1.82) is 5.26 Å². The van der Waals surface area contributed by atoms with Gasteiger partial charge in [0.15, 0.2) is 6.20 Å². The summed E-state index contributed by atoms with van der Waals surface area (Å²) in [4.78, 5) is 0. The monoisotopic (exact) mass is 287 g/mol. The lowest BCUT2D eigenvalue weighted by molar-refractivity contribution is -0.659. The molecular weight excluding hydrogens is 268 g/mol. The van der Waals surface area contributed by atoms with E-state index in [9.17, 15) is 0 Å². The first-order valence-electron chi connectivity index (χ1n) is 7.56. The summed E-state index contributed by atoms with van der Waals surface area (Å²) in [5.41, 5.74) is 5.77. The quantitative estimate of drug-likeness (QED) is 0.653. The first-order chi connectivity index (χ1) is 10.6. The van der Waals surface area contributed by atoms with Crippen molar-refractivity contribution in [1.82, 2.24) is 0 Å². The van der Waals surface area contributed by atoms with Crippen LogP contribution in [0.5, 0.6) is 0 Å². The summed E-state index contributed by atoms with van der Waals surface area (Å²) in [5, 5.41) is 11.4. The Morgan fingerprint density at radius 3 is 2.64 bits per heavy atom. The molecule has 3 aromatic rings. The van der Waals surface area contributed by atoms with Crippen LogP contribution in [0.2, 0.25) is 0 Å². The smallest absolute Gasteiger partial charge is 0.200 e. The van der Waals surface area contributed by atoms with Crippen molar-refractivity contribution in [2.75, 3.05) is 0 Å². The molecule has 1 heterocycles. The number of hydrogen-bond donors (Lipinski definition) is 0. The molecule has 0 aliphatic heterocycles. The zero-order chi connectivity index (χ0) is 15.7. The summed E-state index contributed by atoms with van der Waals surface area (Å²) >= 11 is 0. The summed E-state index contributed by atoms with van der Waals surface area (Å²) in [6.07, 6.45) is 3.09. The largest absolute Gasteiger partial charge is 0.220 e. The number of rotatable bonds is 2. The number of pyridine rings is 1. The molecule has 0 atom stereocenters. The lowest BCUT2D eigenvalue weighted by Gasteiger charge is -2.09. The number of nitriles is 1. The van der Waals surface area contributed by atoms with E-state index in [2.05, 4.69) is 68.1 Å². The highest BCUT2D eigenvalue weighted by molar-refractivity contribution is 5.94. The Kier molecular flexibility index (Phi) is 3.65. The third-order valence-electron chi connectivity index (χ3n) is 4.23. The zero-order valence-corrected chi connectivity index (χ0v) is 13.2. The fraction of sp³-hybridized carbons (Fsp3) is 0.200. The molecule has 2 nitrogen and oxygen atoms in total. The molecule has 0 saturated carbocycles. The van der Waals surface area contributed by atoms with Gasteiger partial charge in [-0.1, -0.05) is 19.1 Å². The lowest BCUT2D eigenvalue weighted by atomic mass is 9.96. The van der Waals surface area contributed by atoms with E-state index < -0.39 is 0 Å². The van der Waals surface area contributed by atoms with Crippen LogP contribution in [0.1, 0.15) is 23.6 Å². The maximum Gasteiger partial charge on any atom is 0.220 e. The summed E-state index contributed by atoms with van der Waals surface area (Å²) in [6, 6.07) is 16.9. The van der Waals surface area contributed by atoms with E-state index in [4.69, 9.17) is 5.26 Å². The van der Waals surface area contributed by atoms with Gasteiger partial charge in [-0.05, 0) is 54.1 Å². The van der Waals surface area contributed by atoms with Crippen LogP contribution in [0.3, 0.4) is 0 Å². The minimum absolute atomic E-state index is 0.700. The van der Waals surface area contributed by atoms with Crippen LogP contribution in [-0.4, -0.2) is 0 Å². The van der Waals surface area contributed by atoms with Crippen LogP contribution in [0.4, 0.5) is 0 Å². The Bertz CT molecular complexity index is 901. The standard InChI is InChI=1S/C20H19N2/c1-4-15-6-5-14(2)19(12-15)20-18-8-7-16(13-21)11-17(18)9-10-22(20)3/h5-12H,4H2,1-3H3/q+1. The molecule has 0 aliphatic carbocycles. The second-order valence-electron chi connectivity index (χ2n) is 5.69. The van der Waals surface area contributed by atoms with Gasteiger partial charge in [0.1, 0.15) is 7.05 Å². The Morgan fingerprint density at radius 2 is 1.91 bits per heavy atom. The molecule has 3 rings (SSSR count). The first-order valence-corrected chi connectivity index (χ1v) is 7.56. The van der Waals surface area contributed by atoms with Crippen molar-refractivity contribution in [2.45, 2.75) is 20.3 Å². The second-order valence-corrected chi connectivity index (χ2v) is 5.69. The van der Waals surface area contributed by atoms with E-state index in [0.717, 1.165) is 11.8 Å². The van der Waals surface area contributed by atoms with Crippen LogP contribution < -0.4 is 4.57 Å². The van der Waals surface area contributed by atoms with E-state index in [1.807, 2.05) is 12.1 Å². The minimum Gasteiger partial charge on any atom is -0.200 e. The van der Waals surface area contributed by atoms with Gasteiger partial charge in [-0.2, -0.15) is 5.26 Å². The van der Waals surface area contributed by atoms with E-state index in [0.29, 0.717) is 5.56 Å². The van der Waals surface area contributed by atoms with E-state index in [1.165, 1.54) is 27.8 Å². The number of fused-ring (bicyclic) bond motifs is 1. The second kappa shape index (κ2) is 5.61. The van der Waals surface area contributed by atoms with Crippen molar-refractivity contribution >= 4 is 10.8 Å². The Balaban J connectivity index is 2.35. The number of aryl methyl sites for hydroxylation is 3. The molecule has 0 radical (unpaired) electrons. The van der Waals surface area contributed by atoms with Crippen LogP contribution in [-0.2, 0) is 13.5 Å². The molecule has 0 spiro atoms. The van der Waals surface area contributed by atoms with Crippen LogP contribution in [0.25, 0.3) is 22.0 Å². The van der Waals surface area contributed by atoms with Crippen LogP contribution >= 0.6 is 0 Å². The maximum atomic E-state index is 9.10. The topological polar surface area (TPSA) is 27.7 Å². The van der Waals surface area contributed by atoms with Gasteiger partial charge in [0, 0.05) is 11.6 Å². The molecule has 0 saturated heterocycles. The number of nitrogens with zero attached hydrogens (tertiary/aromatic N) is 2. The van der Waals surface area contributed by atoms with Crippen molar-refractivity contribution < 1.29 is 4.57 Å². The fourth-order valence-electron chi connectivity index (χ4n) is 2.92. The van der Waals surface area contributed by atoms with Gasteiger partial charge >= 0.3 is 0 Å². The zero-order valence-electron chi connectivity index (χ0n) is 13.2. The van der Waals surface area contributed by atoms with Gasteiger partial charge in [-0.25, -0.2) is 4.57 Å². The Labute approximate surface area is 131 Å². The van der Waals surface area contributed by atoms with Gasteiger partial charge in [0.25, 0.3) is 0 Å². The normalized spacial score (nSPS) is 10.6. The fourth-order valence-corrected chi connectivity index (χ4v) is 2.92. The van der Waals surface area contributed by atoms with Crippen molar-refractivity contribution in [3.63, 3.8) is 0 Å². The van der Waals surface area contributed by atoms with Gasteiger partial charge in [-0.15, -0.1) is 0 Å². The summed E-state index contributed by atoms with van der Waals surface area (Å²) < 4.78 is 2.16. The highest BCUT2D eigenvalue weighted by Gasteiger charge is 2.17. The maximum absolute atomic E-state index is 9.10. The minimum atomic E-state index is 0.700. The van der Waals surface area contributed by atoms with E-state index in [1.54, 1.807) is 0 Å². The molecule has 108 valence electrons. The number of aromatic nitrogens is 1. The third-order valence-corrected chi connectivity index (χ3v) is 4.23. The van der Waals surface area contributed by atoms with Crippen molar-refractivity contribution in [3.05, 3.63) is 65.4 Å². The summed E-state index contributed by atoms with van der Waals surface area (Å²) in [7, 11) is 2.07. The molecule has 22 heavy (non-hydrogen) atoms. The molecular formula is C20H19N2+. The van der Waals surface area contributed by atoms with Gasteiger partial charge in [0.05, 0.1) is 17.0 Å². The highest BCUT2D eigenvalue weighted by Crippen LogP contribution is 2.29.